The number of hydrogen-bond acceptors (Lipinski definition) is 6. The topological polar surface area (TPSA) is 140 Å². The first kappa shape index (κ1) is 13.9. The summed E-state index contributed by atoms with van der Waals surface area (Å²) in [5.74, 6) is -1.13. The Kier molecular flexibility index (Phi) is 3.54. The molecule has 1 heterocycles. The maximum Gasteiger partial charge on any atom is 0.365 e. The van der Waals surface area contributed by atoms with Crippen LogP contribution in [0.5, 0.6) is 0 Å². The molecule has 1 rings (SSSR count). The van der Waals surface area contributed by atoms with Crippen molar-refractivity contribution in [3.63, 3.8) is 0 Å². The zero-order chi connectivity index (χ0) is 14.1. The van der Waals surface area contributed by atoms with Crippen LogP contribution in [0.2, 0.25) is 0 Å². The van der Waals surface area contributed by atoms with Gasteiger partial charge in [0.2, 0.25) is 0 Å². The summed E-state index contributed by atoms with van der Waals surface area (Å²) in [6, 6.07) is 1.53. The van der Waals surface area contributed by atoms with Gasteiger partial charge in [-0.25, -0.2) is 22.3 Å². The number of nitriles is 1. The number of nitrogens with two attached hydrogens (primary N) is 1. The predicted octanol–water partition coefficient (Wildman–Crippen LogP) is 0.446. The third kappa shape index (κ3) is 2.55. The lowest BCUT2D eigenvalue weighted by Crippen LogP contribution is -2.18. The minimum absolute atomic E-state index is 0.331. The summed E-state index contributed by atoms with van der Waals surface area (Å²) in [4.78, 5) is 12.3. The van der Waals surface area contributed by atoms with Crippen molar-refractivity contribution in [2.24, 2.45) is 5.14 Å². The van der Waals surface area contributed by atoms with Crippen molar-refractivity contribution < 1.29 is 22.1 Å². The number of sulfonamides is 1. The highest BCUT2D eigenvalue weighted by atomic mass is 32.2. The van der Waals surface area contributed by atoms with Gasteiger partial charge < -0.3 is 10.1 Å². The SMILES string of the molecule is N#Cc1c(C(F)F)cc([N+](=O)[O-])nc1S(N)(=O)=O. The Hall–Kier alpha value is -2.19. The van der Waals surface area contributed by atoms with E-state index in [2.05, 4.69) is 10.1 Å². The van der Waals surface area contributed by atoms with Crippen LogP contribution >= 0.6 is 0 Å². The van der Waals surface area contributed by atoms with Crippen molar-refractivity contribution in [3.8, 4) is 6.07 Å². The normalized spacial score (nSPS) is 11.3. The highest BCUT2D eigenvalue weighted by molar-refractivity contribution is 7.89. The zero-order valence-corrected chi connectivity index (χ0v) is 9.19. The van der Waals surface area contributed by atoms with Gasteiger partial charge in [0, 0.05) is 11.6 Å². The third-order valence-corrected chi connectivity index (χ3v) is 2.64. The Bertz CT molecular complexity index is 652. The summed E-state index contributed by atoms with van der Waals surface area (Å²) in [6.45, 7) is 0. The summed E-state index contributed by atoms with van der Waals surface area (Å²) in [5, 5.41) is 22.5. The zero-order valence-electron chi connectivity index (χ0n) is 8.37. The van der Waals surface area contributed by atoms with Gasteiger partial charge in [-0.1, -0.05) is 0 Å². The smallest absolute Gasteiger partial charge is 0.358 e. The Labute approximate surface area is 98.9 Å². The highest BCUT2D eigenvalue weighted by Gasteiger charge is 2.31. The molecule has 0 aliphatic rings. The summed E-state index contributed by atoms with van der Waals surface area (Å²) in [6.07, 6.45) is -3.28. The van der Waals surface area contributed by atoms with Crippen molar-refractivity contribution in [1.82, 2.24) is 4.98 Å². The summed E-state index contributed by atoms with van der Waals surface area (Å²) < 4.78 is 47.3. The van der Waals surface area contributed by atoms with Crippen LogP contribution in [0.25, 0.3) is 0 Å². The summed E-state index contributed by atoms with van der Waals surface area (Å²) >= 11 is 0. The first-order valence-electron chi connectivity index (χ1n) is 4.09. The van der Waals surface area contributed by atoms with Gasteiger partial charge in [-0.2, -0.15) is 5.26 Å². The van der Waals surface area contributed by atoms with Crippen molar-refractivity contribution in [2.75, 3.05) is 0 Å². The molecule has 11 heteroatoms. The van der Waals surface area contributed by atoms with E-state index in [0.29, 0.717) is 6.07 Å². The number of nitrogens with zero attached hydrogens (tertiary/aromatic N) is 3. The summed E-state index contributed by atoms with van der Waals surface area (Å²) in [5.41, 5.74) is -2.11. The molecule has 0 unspecified atom stereocenters. The maximum absolute atomic E-state index is 12.6. The van der Waals surface area contributed by atoms with E-state index in [4.69, 9.17) is 5.26 Å². The molecule has 8 nitrogen and oxygen atoms in total. The van der Waals surface area contributed by atoms with Gasteiger partial charge in [-0.05, 0) is 9.91 Å². The van der Waals surface area contributed by atoms with E-state index in [1.54, 1.807) is 0 Å². The van der Waals surface area contributed by atoms with Crippen LogP contribution in [0.1, 0.15) is 17.6 Å². The van der Waals surface area contributed by atoms with Crippen LogP contribution < -0.4 is 5.14 Å². The minimum atomic E-state index is -4.63. The van der Waals surface area contributed by atoms with Crippen LogP contribution in [-0.2, 0) is 10.0 Å². The van der Waals surface area contributed by atoms with E-state index in [1.807, 2.05) is 0 Å². The van der Waals surface area contributed by atoms with Gasteiger partial charge in [-0.3, -0.25) is 0 Å². The molecule has 0 aromatic carbocycles. The predicted molar refractivity (Wildman–Crippen MR) is 51.9 cm³/mol. The fraction of sp³-hybridized carbons (Fsp3) is 0.143. The van der Waals surface area contributed by atoms with Gasteiger partial charge in [0.05, 0.1) is 0 Å². The van der Waals surface area contributed by atoms with Crippen LogP contribution in [0.3, 0.4) is 0 Å². The number of rotatable bonds is 3. The minimum Gasteiger partial charge on any atom is -0.358 e. The lowest BCUT2D eigenvalue weighted by molar-refractivity contribution is -0.390. The number of hydrogen-bond donors (Lipinski definition) is 1. The Balaban J connectivity index is 3.80. The third-order valence-electron chi connectivity index (χ3n) is 1.81. The maximum atomic E-state index is 12.6. The van der Waals surface area contributed by atoms with Crippen LogP contribution in [0.4, 0.5) is 14.6 Å². The van der Waals surface area contributed by atoms with Crippen LogP contribution in [-0.4, -0.2) is 18.3 Å². The molecular formula is C7H4F2N4O4S. The molecular weight excluding hydrogens is 274 g/mol. The first-order chi connectivity index (χ1) is 8.18. The molecule has 0 fully saturated rings. The standard InChI is InChI=1S/C7H4F2N4O4S/c8-6(9)3-1-5(13(14)15)12-7(4(3)2-10)18(11,16)17/h1,6H,(H2,11,16,17). The quantitative estimate of drug-likeness (QED) is 0.628. The number of nitro groups is 1. The first-order valence-corrected chi connectivity index (χ1v) is 5.63. The molecule has 0 amide bonds. The molecule has 0 saturated heterocycles. The van der Waals surface area contributed by atoms with Gasteiger partial charge in [-0.15, -0.1) is 0 Å². The van der Waals surface area contributed by atoms with E-state index in [9.17, 15) is 27.3 Å². The molecule has 0 saturated carbocycles. The number of halogens is 2. The van der Waals surface area contributed by atoms with Crippen molar-refractivity contribution in [2.45, 2.75) is 11.5 Å². The molecule has 0 aliphatic carbocycles. The molecule has 0 spiro atoms. The van der Waals surface area contributed by atoms with E-state index >= 15 is 0 Å². The second-order valence-corrected chi connectivity index (χ2v) is 4.44. The molecule has 96 valence electrons. The van der Waals surface area contributed by atoms with E-state index < -0.39 is 43.3 Å². The fourth-order valence-corrected chi connectivity index (χ4v) is 1.78. The number of aromatic nitrogens is 1. The molecule has 0 bridgehead atoms. The molecule has 0 aliphatic heterocycles. The van der Waals surface area contributed by atoms with E-state index in [-0.39, 0.29) is 0 Å². The van der Waals surface area contributed by atoms with E-state index in [1.165, 1.54) is 6.07 Å². The second kappa shape index (κ2) is 4.59. The Morgan fingerprint density at radius 1 is 1.56 bits per heavy atom. The Morgan fingerprint density at radius 3 is 2.44 bits per heavy atom. The molecule has 0 atom stereocenters. The lowest BCUT2D eigenvalue weighted by Gasteiger charge is -2.04. The molecule has 1 aromatic heterocycles. The number of pyridine rings is 1. The molecule has 1 aromatic rings. The fourth-order valence-electron chi connectivity index (χ4n) is 1.11. The van der Waals surface area contributed by atoms with Crippen molar-refractivity contribution >= 4 is 15.8 Å². The Morgan fingerprint density at radius 2 is 2.11 bits per heavy atom. The van der Waals surface area contributed by atoms with Crippen molar-refractivity contribution in [1.29, 1.82) is 5.26 Å². The lowest BCUT2D eigenvalue weighted by atomic mass is 10.1. The van der Waals surface area contributed by atoms with Gasteiger partial charge >= 0.3 is 5.82 Å². The number of primary sulfonamides is 1. The monoisotopic (exact) mass is 278 g/mol. The largest absolute Gasteiger partial charge is 0.365 e. The van der Waals surface area contributed by atoms with Gasteiger partial charge in [0.25, 0.3) is 21.5 Å². The molecule has 18 heavy (non-hydrogen) atoms. The average molecular weight is 278 g/mol. The van der Waals surface area contributed by atoms with Crippen LogP contribution in [0, 0.1) is 21.4 Å². The highest BCUT2D eigenvalue weighted by Crippen LogP contribution is 2.29. The van der Waals surface area contributed by atoms with Crippen LogP contribution in [0.15, 0.2) is 11.1 Å². The second-order valence-electron chi connectivity index (χ2n) is 2.96. The van der Waals surface area contributed by atoms with E-state index in [0.717, 1.165) is 0 Å². The van der Waals surface area contributed by atoms with Gasteiger partial charge in [0.15, 0.2) is 0 Å². The number of alkyl halides is 2. The van der Waals surface area contributed by atoms with Crippen molar-refractivity contribution in [3.05, 3.63) is 27.3 Å². The summed E-state index contributed by atoms with van der Waals surface area (Å²) in [7, 11) is -4.63. The molecule has 0 radical (unpaired) electrons. The molecule has 2 N–H and O–H groups in total. The average Bonchev–Trinajstić information content (AvgIpc) is 2.25. The van der Waals surface area contributed by atoms with Gasteiger partial charge in [0.1, 0.15) is 11.6 Å².